The summed E-state index contributed by atoms with van der Waals surface area (Å²) in [5.41, 5.74) is 1.11. The quantitative estimate of drug-likeness (QED) is 0.460. The Kier molecular flexibility index (Phi) is 6.13. The predicted molar refractivity (Wildman–Crippen MR) is 92.4 cm³/mol. The Bertz CT molecular complexity index is 822. The van der Waals surface area contributed by atoms with Crippen LogP contribution in [0, 0.1) is 6.92 Å². The Morgan fingerprint density at radius 3 is 2.50 bits per heavy atom. The topological polar surface area (TPSA) is 95.7 Å². The number of nitrogens with two attached hydrogens (primary N) is 1. The molecule has 0 aliphatic carbocycles. The van der Waals surface area contributed by atoms with Crippen LogP contribution < -0.4 is 9.88 Å². The van der Waals surface area contributed by atoms with Gasteiger partial charge in [0.15, 0.2) is 0 Å². The molecule has 0 radical (unpaired) electrons. The molecule has 0 fully saturated rings. The maximum atomic E-state index is 11.6. The number of benzene rings is 1. The Morgan fingerprint density at radius 1 is 1.21 bits per heavy atom. The summed E-state index contributed by atoms with van der Waals surface area (Å²) in [5, 5.41) is 6.96. The van der Waals surface area contributed by atoms with E-state index in [4.69, 9.17) is 14.6 Å². The van der Waals surface area contributed by atoms with Gasteiger partial charge in [-0.3, -0.25) is 0 Å². The van der Waals surface area contributed by atoms with Crippen LogP contribution in [0.1, 0.15) is 10.4 Å². The first-order valence-electron chi connectivity index (χ1n) is 7.01. The molecular weight excluding hydrogens is 350 g/mol. The summed E-state index contributed by atoms with van der Waals surface area (Å²) in [4.78, 5) is 12.6. The number of thiophene rings is 1. The van der Waals surface area contributed by atoms with Gasteiger partial charge in [-0.2, -0.15) is 0 Å². The first-order valence-corrected chi connectivity index (χ1v) is 9.43. The average Bonchev–Trinajstić information content (AvgIpc) is 2.94. The van der Waals surface area contributed by atoms with Gasteiger partial charge in [-0.1, -0.05) is 0 Å². The molecule has 0 amide bonds. The van der Waals surface area contributed by atoms with Crippen LogP contribution in [0.4, 0.5) is 0 Å². The number of ether oxygens (including phenoxy) is 2. The molecule has 0 aliphatic rings. The number of carbonyl (C=O) groups is 1. The van der Waals surface area contributed by atoms with Crippen molar-refractivity contribution in [3.63, 3.8) is 0 Å². The molecule has 1 heterocycles. The van der Waals surface area contributed by atoms with Crippen molar-refractivity contribution in [1.82, 2.24) is 0 Å². The molecule has 0 spiro atoms. The molecule has 2 rings (SSSR count). The lowest BCUT2D eigenvalue weighted by Crippen LogP contribution is -2.12. The number of sulfonamides is 1. The summed E-state index contributed by atoms with van der Waals surface area (Å²) in [6.07, 6.45) is 3.09. The van der Waals surface area contributed by atoms with E-state index >= 15 is 0 Å². The lowest BCUT2D eigenvalue weighted by Gasteiger charge is -2.06. The fourth-order valence-electron chi connectivity index (χ4n) is 1.77. The van der Waals surface area contributed by atoms with Crippen LogP contribution in [-0.4, -0.2) is 27.6 Å². The summed E-state index contributed by atoms with van der Waals surface area (Å²) in [7, 11) is -3.72. The lowest BCUT2D eigenvalue weighted by molar-refractivity contribution is -0.138. The zero-order valence-electron chi connectivity index (χ0n) is 13.0. The van der Waals surface area contributed by atoms with Crippen molar-refractivity contribution in [3.05, 3.63) is 52.2 Å². The van der Waals surface area contributed by atoms with Crippen molar-refractivity contribution in [3.8, 4) is 5.75 Å². The fourth-order valence-corrected chi connectivity index (χ4v) is 3.11. The molecule has 6 nitrogen and oxygen atoms in total. The van der Waals surface area contributed by atoms with Gasteiger partial charge in [0.1, 0.15) is 19.0 Å². The highest BCUT2D eigenvalue weighted by Gasteiger charge is 2.07. The smallest absolute Gasteiger partial charge is 0.330 e. The normalized spacial score (nSPS) is 11.6. The number of carbonyl (C=O) groups excluding carboxylic acids is 1. The van der Waals surface area contributed by atoms with Gasteiger partial charge in [-0.05, 0) is 54.3 Å². The van der Waals surface area contributed by atoms with Gasteiger partial charge in [0.2, 0.25) is 10.0 Å². The summed E-state index contributed by atoms with van der Waals surface area (Å²) in [5.74, 6) is 0.0131. The van der Waals surface area contributed by atoms with Crippen LogP contribution in [0.2, 0.25) is 0 Å². The van der Waals surface area contributed by atoms with E-state index in [1.54, 1.807) is 17.4 Å². The minimum Gasteiger partial charge on any atom is -0.490 e. The Labute approximate surface area is 144 Å². The van der Waals surface area contributed by atoms with Crippen LogP contribution in [0.15, 0.2) is 46.7 Å². The molecule has 0 saturated carbocycles. The molecule has 128 valence electrons. The van der Waals surface area contributed by atoms with Crippen molar-refractivity contribution >= 4 is 33.4 Å². The number of rotatable bonds is 7. The molecule has 0 atom stereocenters. The van der Waals surface area contributed by atoms with Gasteiger partial charge < -0.3 is 9.47 Å². The zero-order valence-corrected chi connectivity index (χ0v) is 14.6. The van der Waals surface area contributed by atoms with E-state index in [1.165, 1.54) is 30.3 Å². The monoisotopic (exact) mass is 367 g/mol. The van der Waals surface area contributed by atoms with Crippen LogP contribution in [0.3, 0.4) is 0 Å². The minimum absolute atomic E-state index is 0.00952. The number of hydrogen-bond donors (Lipinski definition) is 1. The molecule has 0 unspecified atom stereocenters. The van der Waals surface area contributed by atoms with Crippen molar-refractivity contribution < 1.29 is 22.7 Å². The van der Waals surface area contributed by atoms with Crippen LogP contribution in [0.5, 0.6) is 5.75 Å². The molecule has 0 bridgehead atoms. The number of hydrogen-bond acceptors (Lipinski definition) is 6. The molecule has 24 heavy (non-hydrogen) atoms. The SMILES string of the molecule is Cc1ccsc1/C=C/C(=O)OCCOc1ccc(S(N)(=O)=O)cc1. The first kappa shape index (κ1) is 18.2. The predicted octanol–water partition coefficient (Wildman–Crippen LogP) is 2.34. The second-order valence-electron chi connectivity index (χ2n) is 4.83. The van der Waals surface area contributed by atoms with E-state index in [9.17, 15) is 13.2 Å². The van der Waals surface area contributed by atoms with Gasteiger partial charge >= 0.3 is 5.97 Å². The lowest BCUT2D eigenvalue weighted by atomic mass is 10.3. The van der Waals surface area contributed by atoms with Crippen molar-refractivity contribution in [2.75, 3.05) is 13.2 Å². The summed E-state index contributed by atoms with van der Waals surface area (Å²) >= 11 is 1.55. The molecule has 0 saturated heterocycles. The van der Waals surface area contributed by atoms with Gasteiger partial charge in [0, 0.05) is 11.0 Å². The summed E-state index contributed by atoms with van der Waals surface area (Å²) < 4.78 is 32.6. The number of esters is 1. The van der Waals surface area contributed by atoms with E-state index in [0.717, 1.165) is 10.4 Å². The third-order valence-electron chi connectivity index (χ3n) is 3.02. The Morgan fingerprint density at radius 2 is 1.92 bits per heavy atom. The van der Waals surface area contributed by atoms with Crippen LogP contribution >= 0.6 is 11.3 Å². The van der Waals surface area contributed by atoms with Gasteiger partial charge in [0.25, 0.3) is 0 Å². The van der Waals surface area contributed by atoms with E-state index < -0.39 is 16.0 Å². The van der Waals surface area contributed by atoms with Gasteiger partial charge in [-0.25, -0.2) is 18.4 Å². The molecule has 0 aliphatic heterocycles. The summed E-state index contributed by atoms with van der Waals surface area (Å²) in [6, 6.07) is 7.65. The molecule has 1 aromatic heterocycles. The first-order chi connectivity index (χ1) is 11.4. The molecule has 2 aromatic rings. The third kappa shape index (κ3) is 5.48. The second-order valence-corrected chi connectivity index (χ2v) is 7.34. The van der Waals surface area contributed by atoms with E-state index in [-0.39, 0.29) is 18.1 Å². The van der Waals surface area contributed by atoms with E-state index in [1.807, 2.05) is 18.4 Å². The maximum absolute atomic E-state index is 11.6. The second kappa shape index (κ2) is 8.09. The average molecular weight is 367 g/mol. The molecular formula is C16H17NO5S2. The Hall–Kier alpha value is -2.16. The fraction of sp³-hybridized carbons (Fsp3) is 0.188. The standard InChI is InChI=1S/C16H17NO5S2/c1-12-8-11-23-15(12)6-7-16(18)22-10-9-21-13-2-4-14(5-3-13)24(17,19)20/h2-8,11H,9-10H2,1H3,(H2,17,19,20)/b7-6+. The van der Waals surface area contributed by atoms with Gasteiger partial charge in [0.05, 0.1) is 4.90 Å². The maximum Gasteiger partial charge on any atom is 0.330 e. The number of primary sulfonamides is 1. The van der Waals surface area contributed by atoms with Crippen molar-refractivity contribution in [2.24, 2.45) is 5.14 Å². The highest BCUT2D eigenvalue weighted by Crippen LogP contribution is 2.17. The van der Waals surface area contributed by atoms with E-state index in [0.29, 0.717) is 5.75 Å². The van der Waals surface area contributed by atoms with Crippen LogP contribution in [0.25, 0.3) is 6.08 Å². The third-order valence-corrected chi connectivity index (χ3v) is 4.93. The molecule has 8 heteroatoms. The molecule has 1 aromatic carbocycles. The Balaban J connectivity index is 1.74. The minimum atomic E-state index is -3.72. The zero-order chi connectivity index (χ0) is 17.6. The van der Waals surface area contributed by atoms with Crippen molar-refractivity contribution in [2.45, 2.75) is 11.8 Å². The molecule has 2 N–H and O–H groups in total. The highest BCUT2D eigenvalue weighted by molar-refractivity contribution is 7.89. The van der Waals surface area contributed by atoms with Gasteiger partial charge in [-0.15, -0.1) is 11.3 Å². The number of aryl methyl sites for hydroxylation is 1. The highest BCUT2D eigenvalue weighted by atomic mass is 32.2. The van der Waals surface area contributed by atoms with E-state index in [2.05, 4.69) is 0 Å². The van der Waals surface area contributed by atoms with Crippen molar-refractivity contribution in [1.29, 1.82) is 0 Å². The summed E-state index contributed by atoms with van der Waals surface area (Å²) in [6.45, 7) is 2.21. The van der Waals surface area contributed by atoms with Crippen LogP contribution in [-0.2, 0) is 19.6 Å². The largest absolute Gasteiger partial charge is 0.490 e.